The van der Waals surface area contributed by atoms with Crippen molar-refractivity contribution in [1.29, 1.82) is 0 Å². The van der Waals surface area contributed by atoms with Crippen LogP contribution in [-0.4, -0.2) is 20.7 Å². The van der Waals surface area contributed by atoms with Crippen molar-refractivity contribution in [2.45, 2.75) is 46.3 Å². The zero-order chi connectivity index (χ0) is 15.3. The maximum absolute atomic E-state index is 11.6. The summed E-state index contributed by atoms with van der Waals surface area (Å²) in [6.45, 7) is 15.4. The fourth-order valence-corrected chi connectivity index (χ4v) is 3.60. The van der Waals surface area contributed by atoms with Crippen molar-refractivity contribution in [1.82, 2.24) is 0 Å². The molecular formula is C17H26O2Si. The highest BCUT2D eigenvalue weighted by atomic mass is 28.3. The Hall–Kier alpha value is -1.35. The predicted octanol–water partition coefficient (Wildman–Crippen LogP) is 4.58. The largest absolute Gasteiger partial charge is 0.463 e. The predicted molar refractivity (Wildman–Crippen MR) is 88.3 cm³/mol. The van der Waals surface area contributed by atoms with Crippen LogP contribution in [0.25, 0.3) is 0 Å². The molecule has 20 heavy (non-hydrogen) atoms. The molecular weight excluding hydrogens is 264 g/mol. The standard InChI is InChI=1S/C17H26O2Si/c1-7-19-17(18)11-14-8-9-16(20(4,5)6)12-15(10-14)13(2)3/h10-12H,2,7-9H2,1,3-6H3/b14-11+. The first-order valence-corrected chi connectivity index (χ1v) is 10.7. The van der Waals surface area contributed by atoms with Gasteiger partial charge < -0.3 is 4.74 Å². The molecule has 0 saturated heterocycles. The number of hydrogen-bond acceptors (Lipinski definition) is 2. The number of esters is 1. The number of allylic oxidation sites excluding steroid dienone is 6. The molecule has 0 N–H and O–H groups in total. The Morgan fingerprint density at radius 2 is 2.00 bits per heavy atom. The zero-order valence-electron chi connectivity index (χ0n) is 13.4. The third-order valence-corrected chi connectivity index (χ3v) is 5.72. The topological polar surface area (TPSA) is 26.3 Å². The average Bonchev–Trinajstić information content (AvgIpc) is 2.51. The molecule has 0 atom stereocenters. The van der Waals surface area contributed by atoms with E-state index >= 15 is 0 Å². The molecule has 0 amide bonds. The highest BCUT2D eigenvalue weighted by Gasteiger charge is 2.21. The van der Waals surface area contributed by atoms with E-state index in [1.54, 1.807) is 6.08 Å². The Kier molecular flexibility index (Phi) is 5.75. The van der Waals surface area contributed by atoms with Gasteiger partial charge in [0, 0.05) is 6.08 Å². The summed E-state index contributed by atoms with van der Waals surface area (Å²) >= 11 is 0. The summed E-state index contributed by atoms with van der Waals surface area (Å²) < 4.78 is 5.00. The smallest absolute Gasteiger partial charge is 0.331 e. The van der Waals surface area contributed by atoms with E-state index in [1.165, 1.54) is 5.20 Å². The highest BCUT2D eigenvalue weighted by molar-refractivity contribution is 6.83. The second-order valence-corrected chi connectivity index (χ2v) is 11.4. The van der Waals surface area contributed by atoms with Crippen LogP contribution < -0.4 is 0 Å². The van der Waals surface area contributed by atoms with Crippen LogP contribution in [-0.2, 0) is 9.53 Å². The van der Waals surface area contributed by atoms with Crippen molar-refractivity contribution < 1.29 is 9.53 Å². The molecule has 1 aliphatic rings. The number of carbonyl (C=O) groups is 1. The van der Waals surface area contributed by atoms with Gasteiger partial charge in [-0.05, 0) is 37.8 Å². The van der Waals surface area contributed by atoms with E-state index in [0.29, 0.717) is 6.61 Å². The molecule has 3 heteroatoms. The summed E-state index contributed by atoms with van der Waals surface area (Å²) in [5.74, 6) is -0.253. The van der Waals surface area contributed by atoms with Gasteiger partial charge in [-0.2, -0.15) is 0 Å². The van der Waals surface area contributed by atoms with E-state index in [-0.39, 0.29) is 5.97 Å². The Morgan fingerprint density at radius 1 is 1.35 bits per heavy atom. The van der Waals surface area contributed by atoms with Crippen LogP contribution in [0.2, 0.25) is 19.6 Å². The summed E-state index contributed by atoms with van der Waals surface area (Å²) in [5.41, 5.74) is 3.21. The number of ether oxygens (including phenoxy) is 1. The highest BCUT2D eigenvalue weighted by Crippen LogP contribution is 2.29. The van der Waals surface area contributed by atoms with E-state index < -0.39 is 8.07 Å². The molecule has 0 saturated carbocycles. The Morgan fingerprint density at radius 3 is 2.50 bits per heavy atom. The second-order valence-electron chi connectivity index (χ2n) is 6.27. The van der Waals surface area contributed by atoms with Gasteiger partial charge in [0.05, 0.1) is 14.7 Å². The molecule has 0 bridgehead atoms. The van der Waals surface area contributed by atoms with Crippen LogP contribution in [0.3, 0.4) is 0 Å². The van der Waals surface area contributed by atoms with Gasteiger partial charge in [0.2, 0.25) is 0 Å². The number of rotatable bonds is 4. The molecule has 0 unspecified atom stereocenters. The van der Waals surface area contributed by atoms with Crippen LogP contribution >= 0.6 is 0 Å². The minimum absolute atomic E-state index is 0.253. The maximum atomic E-state index is 11.6. The first kappa shape index (κ1) is 16.7. The number of hydrogen-bond donors (Lipinski definition) is 0. The summed E-state index contributed by atoms with van der Waals surface area (Å²) in [6.07, 6.45) is 7.89. The van der Waals surface area contributed by atoms with Crippen LogP contribution in [0.15, 0.2) is 46.7 Å². The van der Waals surface area contributed by atoms with Gasteiger partial charge in [-0.3, -0.25) is 0 Å². The van der Waals surface area contributed by atoms with Gasteiger partial charge in [-0.25, -0.2) is 4.79 Å². The summed E-state index contributed by atoms with van der Waals surface area (Å²) in [7, 11) is -1.33. The van der Waals surface area contributed by atoms with Gasteiger partial charge in [-0.15, -0.1) is 0 Å². The Balaban J connectivity index is 3.08. The van der Waals surface area contributed by atoms with Crippen molar-refractivity contribution in [3.63, 3.8) is 0 Å². The molecule has 0 aromatic heterocycles. The van der Waals surface area contributed by atoms with Crippen LogP contribution in [0.5, 0.6) is 0 Å². The molecule has 0 aliphatic heterocycles. The van der Waals surface area contributed by atoms with Crippen LogP contribution in [0, 0.1) is 0 Å². The first-order chi connectivity index (χ1) is 9.24. The van der Waals surface area contributed by atoms with E-state index in [0.717, 1.165) is 29.6 Å². The summed E-state index contributed by atoms with van der Waals surface area (Å²) in [6, 6.07) is 0. The van der Waals surface area contributed by atoms with E-state index in [4.69, 9.17) is 4.74 Å². The molecule has 0 heterocycles. The van der Waals surface area contributed by atoms with Crippen molar-refractivity contribution in [2.75, 3.05) is 6.61 Å². The first-order valence-electron chi connectivity index (χ1n) is 7.20. The fraction of sp³-hybridized carbons (Fsp3) is 0.471. The summed E-state index contributed by atoms with van der Waals surface area (Å²) in [4.78, 5) is 11.6. The molecule has 2 nitrogen and oxygen atoms in total. The summed E-state index contributed by atoms with van der Waals surface area (Å²) in [5, 5.41) is 1.53. The average molecular weight is 290 g/mol. The van der Waals surface area contributed by atoms with Crippen molar-refractivity contribution in [3.8, 4) is 0 Å². The molecule has 0 spiro atoms. The SMILES string of the molecule is C=C(C)C1=C/C(=C/C(=O)OCC)CCC([Si](C)(C)C)=C1. The lowest BCUT2D eigenvalue weighted by Crippen LogP contribution is -2.24. The maximum Gasteiger partial charge on any atom is 0.331 e. The third-order valence-electron chi connectivity index (χ3n) is 3.40. The van der Waals surface area contributed by atoms with Crippen molar-refractivity contribution in [2.24, 2.45) is 0 Å². The van der Waals surface area contributed by atoms with E-state index in [1.807, 2.05) is 13.8 Å². The molecule has 0 fully saturated rings. The van der Waals surface area contributed by atoms with E-state index in [2.05, 4.69) is 38.4 Å². The van der Waals surface area contributed by atoms with Crippen LogP contribution in [0.4, 0.5) is 0 Å². The molecule has 0 aromatic rings. The minimum atomic E-state index is -1.33. The molecule has 0 radical (unpaired) electrons. The molecule has 0 aromatic carbocycles. The molecule has 1 aliphatic carbocycles. The normalized spacial score (nSPS) is 18.1. The quantitative estimate of drug-likeness (QED) is 0.430. The Labute approximate surface area is 123 Å². The number of carbonyl (C=O) groups excluding carboxylic acids is 1. The van der Waals surface area contributed by atoms with Gasteiger partial charge in [0.15, 0.2) is 0 Å². The Bertz CT molecular complexity index is 488. The van der Waals surface area contributed by atoms with Crippen molar-refractivity contribution >= 4 is 14.0 Å². The fourth-order valence-electron chi connectivity index (χ4n) is 2.14. The van der Waals surface area contributed by atoms with Gasteiger partial charge >= 0.3 is 5.97 Å². The van der Waals surface area contributed by atoms with Crippen LogP contribution in [0.1, 0.15) is 26.7 Å². The monoisotopic (exact) mass is 290 g/mol. The minimum Gasteiger partial charge on any atom is -0.463 e. The van der Waals surface area contributed by atoms with Gasteiger partial charge in [-0.1, -0.05) is 49.1 Å². The van der Waals surface area contributed by atoms with Crippen molar-refractivity contribution in [3.05, 3.63) is 46.7 Å². The lowest BCUT2D eigenvalue weighted by Gasteiger charge is -2.20. The molecule has 1 rings (SSSR count). The lowest BCUT2D eigenvalue weighted by molar-refractivity contribution is -0.137. The van der Waals surface area contributed by atoms with E-state index in [9.17, 15) is 4.79 Å². The second kappa shape index (κ2) is 6.89. The zero-order valence-corrected chi connectivity index (χ0v) is 14.4. The molecule has 110 valence electrons. The lowest BCUT2D eigenvalue weighted by atomic mass is 10.1. The third kappa shape index (κ3) is 4.97. The van der Waals surface area contributed by atoms with Gasteiger partial charge in [0.25, 0.3) is 0 Å². The van der Waals surface area contributed by atoms with Gasteiger partial charge in [0.1, 0.15) is 0 Å².